The molecule has 3 aromatic heterocycles. The molecule has 0 amide bonds. The summed E-state index contributed by atoms with van der Waals surface area (Å²) in [5.74, 6) is 1.26. The molecule has 1 fully saturated rings. The first-order chi connectivity index (χ1) is 14.2. The molecule has 0 aliphatic carbocycles. The van der Waals surface area contributed by atoms with Gasteiger partial charge in [-0.05, 0) is 25.0 Å². The highest BCUT2D eigenvalue weighted by molar-refractivity contribution is 5.87. The Morgan fingerprint density at radius 2 is 2.00 bits per heavy atom. The van der Waals surface area contributed by atoms with Crippen molar-refractivity contribution in [2.45, 2.75) is 18.9 Å². The normalized spacial score (nSPS) is 15.1. The number of para-hydroxylation sites is 1. The lowest BCUT2D eigenvalue weighted by molar-refractivity contribution is 0.522. The number of H-pyrrole nitrogens is 1. The van der Waals surface area contributed by atoms with Crippen molar-refractivity contribution in [3.05, 3.63) is 42.6 Å². The number of piperidine rings is 1. The maximum absolute atomic E-state index is 14.2. The lowest BCUT2D eigenvalue weighted by Gasteiger charge is -2.33. The fraction of sp³-hybridized carbons (Fsp3) is 0.278. The van der Waals surface area contributed by atoms with Gasteiger partial charge in [-0.15, -0.1) is 5.10 Å². The van der Waals surface area contributed by atoms with Gasteiger partial charge in [-0.1, -0.05) is 12.1 Å². The smallest absolute Gasteiger partial charge is 0.243 e. The molecule has 4 N–H and O–H groups in total. The van der Waals surface area contributed by atoms with Crippen LogP contribution in [-0.4, -0.2) is 54.1 Å². The van der Waals surface area contributed by atoms with Crippen LogP contribution >= 0.6 is 0 Å². The van der Waals surface area contributed by atoms with E-state index in [-0.39, 0.29) is 11.9 Å². The first-order valence-electron chi connectivity index (χ1n) is 9.32. The van der Waals surface area contributed by atoms with E-state index >= 15 is 0 Å². The quantitative estimate of drug-likeness (QED) is 0.478. The minimum absolute atomic E-state index is 0.250. The summed E-state index contributed by atoms with van der Waals surface area (Å²) in [6.07, 6.45) is 4.97. The number of aromatic nitrogens is 7. The molecule has 1 aromatic carbocycles. The largest absolute Gasteiger partial charge is 0.368 e. The van der Waals surface area contributed by atoms with Gasteiger partial charge in [0.05, 0.1) is 11.6 Å². The second-order valence-corrected chi connectivity index (χ2v) is 6.89. The van der Waals surface area contributed by atoms with Crippen molar-refractivity contribution in [3.63, 3.8) is 0 Å². The summed E-state index contributed by atoms with van der Waals surface area (Å²) in [4.78, 5) is 15.1. The monoisotopic (exact) mass is 394 g/mol. The second-order valence-electron chi connectivity index (χ2n) is 6.89. The third-order valence-corrected chi connectivity index (χ3v) is 5.06. The number of aromatic amines is 1. The number of hydrogen-bond donors (Lipinski definition) is 3. The first-order valence-corrected chi connectivity index (χ1v) is 9.32. The predicted molar refractivity (Wildman–Crippen MR) is 106 cm³/mol. The minimum atomic E-state index is -0.350. The van der Waals surface area contributed by atoms with Crippen molar-refractivity contribution < 1.29 is 4.39 Å². The Morgan fingerprint density at radius 3 is 2.76 bits per heavy atom. The molecule has 4 aromatic rings. The Kier molecular flexibility index (Phi) is 4.19. The number of benzene rings is 1. The standard InChI is InChI=1S/C18H19FN10/c19-13-3-1-2-4-14(13)29-16-12(9-23-29)15(21-10-22-16)28-7-5-11(6-8-28)24-18-25-17(20)26-27-18/h1-4,9-11H,5-8H2,(H4,20,24,25,26,27). The SMILES string of the molecule is Nc1nc(NC2CCN(c3ncnc4c3cnn4-c3ccccc3F)CC2)n[nH]1. The third kappa shape index (κ3) is 3.20. The van der Waals surface area contributed by atoms with Crippen molar-refractivity contribution in [2.24, 2.45) is 0 Å². The third-order valence-electron chi connectivity index (χ3n) is 5.06. The van der Waals surface area contributed by atoms with Crippen molar-refractivity contribution in [1.29, 1.82) is 0 Å². The molecule has 29 heavy (non-hydrogen) atoms. The van der Waals surface area contributed by atoms with E-state index in [1.165, 1.54) is 17.1 Å². The maximum atomic E-state index is 14.2. The molecule has 4 heterocycles. The van der Waals surface area contributed by atoms with Gasteiger partial charge in [0.2, 0.25) is 11.9 Å². The number of anilines is 3. The molecule has 0 saturated carbocycles. The molecule has 0 atom stereocenters. The van der Waals surface area contributed by atoms with Gasteiger partial charge < -0.3 is 16.0 Å². The molecular formula is C18H19FN10. The Labute approximate surface area is 165 Å². The molecule has 0 radical (unpaired) electrons. The summed E-state index contributed by atoms with van der Waals surface area (Å²) in [5, 5.41) is 15.1. The number of nitrogens with zero attached hydrogens (tertiary/aromatic N) is 7. The Hall–Kier alpha value is -3.76. The van der Waals surface area contributed by atoms with Crippen molar-refractivity contribution >= 4 is 28.7 Å². The lowest BCUT2D eigenvalue weighted by atomic mass is 10.1. The van der Waals surface area contributed by atoms with Crippen molar-refractivity contribution in [1.82, 2.24) is 34.9 Å². The van der Waals surface area contributed by atoms with Crippen LogP contribution in [0.2, 0.25) is 0 Å². The van der Waals surface area contributed by atoms with E-state index < -0.39 is 0 Å². The molecule has 0 bridgehead atoms. The maximum Gasteiger partial charge on any atom is 0.243 e. The molecule has 5 rings (SSSR count). The zero-order valence-corrected chi connectivity index (χ0v) is 15.5. The molecular weight excluding hydrogens is 375 g/mol. The highest BCUT2D eigenvalue weighted by Crippen LogP contribution is 2.28. The average molecular weight is 394 g/mol. The molecule has 0 spiro atoms. The summed E-state index contributed by atoms with van der Waals surface area (Å²) in [6.45, 7) is 1.60. The van der Waals surface area contributed by atoms with Crippen LogP contribution in [0, 0.1) is 5.82 Å². The van der Waals surface area contributed by atoms with Gasteiger partial charge in [-0.2, -0.15) is 10.1 Å². The van der Waals surface area contributed by atoms with E-state index in [2.05, 4.69) is 40.5 Å². The number of rotatable bonds is 4. The molecule has 0 unspecified atom stereocenters. The van der Waals surface area contributed by atoms with Crippen LogP contribution in [0.25, 0.3) is 16.7 Å². The van der Waals surface area contributed by atoms with E-state index in [1.807, 2.05) is 0 Å². The number of nitrogens with two attached hydrogens (primary N) is 1. The lowest BCUT2D eigenvalue weighted by Crippen LogP contribution is -2.39. The van der Waals surface area contributed by atoms with E-state index in [0.717, 1.165) is 37.1 Å². The van der Waals surface area contributed by atoms with Crippen LogP contribution in [0.5, 0.6) is 0 Å². The molecule has 10 nitrogen and oxygen atoms in total. The van der Waals surface area contributed by atoms with Crippen molar-refractivity contribution in [2.75, 3.05) is 29.0 Å². The molecule has 1 aliphatic rings. The zero-order chi connectivity index (χ0) is 19.8. The summed E-state index contributed by atoms with van der Waals surface area (Å²) in [6, 6.07) is 6.75. The van der Waals surface area contributed by atoms with Crippen LogP contribution in [0.15, 0.2) is 36.8 Å². The highest BCUT2D eigenvalue weighted by Gasteiger charge is 2.24. The number of nitrogen functional groups attached to an aromatic ring is 1. The molecule has 1 saturated heterocycles. The number of nitrogens with one attached hydrogen (secondary N) is 2. The van der Waals surface area contributed by atoms with Crippen LogP contribution in [0.1, 0.15) is 12.8 Å². The Morgan fingerprint density at radius 1 is 1.17 bits per heavy atom. The molecule has 148 valence electrons. The fourth-order valence-electron chi connectivity index (χ4n) is 3.64. The van der Waals surface area contributed by atoms with Gasteiger partial charge in [-0.25, -0.2) is 24.1 Å². The number of hydrogen-bond acceptors (Lipinski definition) is 8. The number of fused-ring (bicyclic) bond motifs is 1. The van der Waals surface area contributed by atoms with E-state index in [4.69, 9.17) is 5.73 Å². The van der Waals surface area contributed by atoms with Gasteiger partial charge in [-0.3, -0.25) is 0 Å². The van der Waals surface area contributed by atoms with Gasteiger partial charge in [0.1, 0.15) is 23.6 Å². The van der Waals surface area contributed by atoms with Crippen LogP contribution in [0.4, 0.5) is 22.1 Å². The van der Waals surface area contributed by atoms with Gasteiger partial charge in [0.15, 0.2) is 5.65 Å². The summed E-state index contributed by atoms with van der Waals surface area (Å²) in [7, 11) is 0. The van der Waals surface area contributed by atoms with Crippen molar-refractivity contribution in [3.8, 4) is 5.69 Å². The number of halogens is 1. The second kappa shape index (κ2) is 7.00. The van der Waals surface area contributed by atoms with Gasteiger partial charge in [0, 0.05) is 19.1 Å². The topological polar surface area (TPSA) is 126 Å². The molecule has 1 aliphatic heterocycles. The van der Waals surface area contributed by atoms with E-state index in [0.29, 0.717) is 23.2 Å². The molecule has 11 heteroatoms. The predicted octanol–water partition coefficient (Wildman–Crippen LogP) is 1.74. The van der Waals surface area contributed by atoms with E-state index in [9.17, 15) is 4.39 Å². The summed E-state index contributed by atoms with van der Waals surface area (Å²) in [5.41, 5.74) is 6.51. The highest BCUT2D eigenvalue weighted by atomic mass is 19.1. The van der Waals surface area contributed by atoms with Gasteiger partial charge >= 0.3 is 0 Å². The van der Waals surface area contributed by atoms with Crippen LogP contribution in [0.3, 0.4) is 0 Å². The minimum Gasteiger partial charge on any atom is -0.368 e. The first kappa shape index (κ1) is 17.3. The van der Waals surface area contributed by atoms with Crippen LogP contribution < -0.4 is 16.0 Å². The van der Waals surface area contributed by atoms with Gasteiger partial charge in [0.25, 0.3) is 0 Å². The zero-order valence-electron chi connectivity index (χ0n) is 15.5. The summed E-state index contributed by atoms with van der Waals surface area (Å²) < 4.78 is 15.7. The van der Waals surface area contributed by atoms with Crippen LogP contribution in [-0.2, 0) is 0 Å². The van der Waals surface area contributed by atoms with E-state index in [1.54, 1.807) is 24.4 Å². The summed E-state index contributed by atoms with van der Waals surface area (Å²) >= 11 is 0. The Balaban J connectivity index is 1.37. The fourth-order valence-corrected chi connectivity index (χ4v) is 3.64. The average Bonchev–Trinajstić information content (AvgIpc) is 3.35. The Bertz CT molecular complexity index is 1140.